The molecule has 0 bridgehead atoms. The first kappa shape index (κ1) is 16.4. The summed E-state index contributed by atoms with van der Waals surface area (Å²) in [6, 6.07) is 12.9. The Kier molecular flexibility index (Phi) is 4.77. The van der Waals surface area contributed by atoms with E-state index >= 15 is 0 Å². The molecule has 0 radical (unpaired) electrons. The number of anilines is 1. The molecule has 0 spiro atoms. The van der Waals surface area contributed by atoms with Crippen LogP contribution in [0, 0.1) is 24.1 Å². The molecule has 0 saturated carbocycles. The first-order valence-electron chi connectivity index (χ1n) is 7.05. The number of nitriles is 1. The zero-order valence-corrected chi connectivity index (χ0v) is 14.0. The average molecular weight is 314 g/mol. The summed E-state index contributed by atoms with van der Waals surface area (Å²) in [7, 11) is 0. The SMILES string of the molecule is Cc1cc(C#N)ccc1SNc1ccc(C(C)(C)C)c(F)c1. The summed E-state index contributed by atoms with van der Waals surface area (Å²) in [6.07, 6.45) is 0. The van der Waals surface area contributed by atoms with Crippen molar-refractivity contribution in [2.24, 2.45) is 0 Å². The fourth-order valence-corrected chi connectivity index (χ4v) is 2.84. The summed E-state index contributed by atoms with van der Waals surface area (Å²) in [5, 5.41) is 8.87. The van der Waals surface area contributed by atoms with Crippen LogP contribution in [0.4, 0.5) is 10.1 Å². The van der Waals surface area contributed by atoms with Crippen molar-refractivity contribution < 1.29 is 4.39 Å². The highest BCUT2D eigenvalue weighted by atomic mass is 32.2. The normalized spacial score (nSPS) is 11.1. The van der Waals surface area contributed by atoms with E-state index in [0.29, 0.717) is 11.1 Å². The van der Waals surface area contributed by atoms with Crippen LogP contribution >= 0.6 is 11.9 Å². The molecule has 0 heterocycles. The maximum atomic E-state index is 14.2. The van der Waals surface area contributed by atoms with Crippen LogP contribution in [-0.2, 0) is 5.41 Å². The number of nitrogens with zero attached hydrogens (tertiary/aromatic N) is 1. The molecule has 114 valence electrons. The van der Waals surface area contributed by atoms with Gasteiger partial charge in [-0.25, -0.2) is 4.39 Å². The minimum absolute atomic E-state index is 0.199. The zero-order valence-electron chi connectivity index (χ0n) is 13.2. The molecule has 0 aliphatic rings. The summed E-state index contributed by atoms with van der Waals surface area (Å²) in [5.41, 5.74) is 2.88. The Morgan fingerprint density at radius 3 is 2.41 bits per heavy atom. The van der Waals surface area contributed by atoms with Crippen LogP contribution < -0.4 is 4.72 Å². The van der Waals surface area contributed by atoms with Crippen molar-refractivity contribution in [3.63, 3.8) is 0 Å². The zero-order chi connectivity index (χ0) is 16.3. The van der Waals surface area contributed by atoms with Gasteiger partial charge in [0.05, 0.1) is 11.6 Å². The highest BCUT2D eigenvalue weighted by Gasteiger charge is 2.18. The van der Waals surface area contributed by atoms with Crippen LogP contribution in [-0.4, -0.2) is 0 Å². The second-order valence-corrected chi connectivity index (χ2v) is 7.09. The van der Waals surface area contributed by atoms with E-state index in [4.69, 9.17) is 5.26 Å². The lowest BCUT2D eigenvalue weighted by Gasteiger charge is -2.20. The van der Waals surface area contributed by atoms with Gasteiger partial charge in [-0.2, -0.15) is 5.26 Å². The Balaban J connectivity index is 2.13. The lowest BCUT2D eigenvalue weighted by molar-refractivity contribution is 0.523. The Morgan fingerprint density at radius 1 is 1.14 bits per heavy atom. The van der Waals surface area contributed by atoms with Crippen molar-refractivity contribution in [1.82, 2.24) is 0 Å². The number of halogens is 1. The van der Waals surface area contributed by atoms with Crippen LogP contribution in [0.25, 0.3) is 0 Å². The molecule has 22 heavy (non-hydrogen) atoms. The molecule has 1 N–H and O–H groups in total. The van der Waals surface area contributed by atoms with E-state index in [1.807, 2.05) is 52.0 Å². The standard InChI is InChI=1S/C18H19FN2S/c1-12-9-13(11-20)5-8-17(12)22-21-14-6-7-15(16(19)10-14)18(2,3)4/h5-10,21H,1-4H3. The summed E-state index contributed by atoms with van der Waals surface area (Å²) in [5.74, 6) is -0.199. The fourth-order valence-electron chi connectivity index (χ4n) is 2.13. The van der Waals surface area contributed by atoms with Gasteiger partial charge < -0.3 is 4.72 Å². The second kappa shape index (κ2) is 6.41. The molecule has 2 nitrogen and oxygen atoms in total. The van der Waals surface area contributed by atoms with Crippen molar-refractivity contribution >= 4 is 17.6 Å². The lowest BCUT2D eigenvalue weighted by atomic mass is 9.86. The lowest BCUT2D eigenvalue weighted by Crippen LogP contribution is -2.13. The number of rotatable bonds is 3. The molecule has 0 aromatic heterocycles. The third-order valence-corrected chi connectivity index (χ3v) is 4.38. The minimum atomic E-state index is -0.209. The van der Waals surface area contributed by atoms with Crippen LogP contribution in [0.15, 0.2) is 41.3 Å². The number of nitrogens with one attached hydrogen (secondary N) is 1. The van der Waals surface area contributed by atoms with Crippen molar-refractivity contribution in [3.05, 3.63) is 58.9 Å². The maximum Gasteiger partial charge on any atom is 0.129 e. The van der Waals surface area contributed by atoms with Crippen molar-refractivity contribution in [2.45, 2.75) is 38.0 Å². The first-order valence-corrected chi connectivity index (χ1v) is 7.86. The van der Waals surface area contributed by atoms with Gasteiger partial charge in [-0.15, -0.1) is 0 Å². The van der Waals surface area contributed by atoms with Crippen molar-refractivity contribution in [3.8, 4) is 6.07 Å². The van der Waals surface area contributed by atoms with Crippen LogP contribution in [0.5, 0.6) is 0 Å². The predicted octanol–water partition coefficient (Wildman–Crippen LogP) is 5.42. The van der Waals surface area contributed by atoms with E-state index < -0.39 is 0 Å². The van der Waals surface area contributed by atoms with E-state index in [2.05, 4.69) is 10.8 Å². The van der Waals surface area contributed by atoms with E-state index in [0.717, 1.165) is 16.1 Å². The molecular weight excluding hydrogens is 295 g/mol. The maximum absolute atomic E-state index is 14.2. The molecule has 2 rings (SSSR count). The van der Waals surface area contributed by atoms with Gasteiger partial charge in [0.2, 0.25) is 0 Å². The van der Waals surface area contributed by atoms with E-state index in [9.17, 15) is 4.39 Å². The van der Waals surface area contributed by atoms with Gasteiger partial charge in [0.1, 0.15) is 5.82 Å². The van der Waals surface area contributed by atoms with E-state index in [-0.39, 0.29) is 11.2 Å². The average Bonchev–Trinajstić information content (AvgIpc) is 2.44. The molecule has 0 saturated heterocycles. The number of benzene rings is 2. The van der Waals surface area contributed by atoms with Gasteiger partial charge in [-0.1, -0.05) is 26.8 Å². The highest BCUT2D eigenvalue weighted by molar-refractivity contribution is 8.00. The Bertz CT molecular complexity index is 727. The number of hydrogen-bond acceptors (Lipinski definition) is 3. The molecule has 0 aliphatic carbocycles. The molecule has 0 aliphatic heterocycles. The minimum Gasteiger partial charge on any atom is -0.326 e. The highest BCUT2D eigenvalue weighted by Crippen LogP contribution is 2.29. The molecule has 2 aromatic rings. The Labute approximate surface area is 135 Å². The molecule has 0 unspecified atom stereocenters. The second-order valence-electron chi connectivity index (χ2n) is 6.24. The Morgan fingerprint density at radius 2 is 1.86 bits per heavy atom. The quantitative estimate of drug-likeness (QED) is 0.768. The summed E-state index contributed by atoms with van der Waals surface area (Å²) in [6.45, 7) is 7.93. The van der Waals surface area contributed by atoms with Gasteiger partial charge in [0.25, 0.3) is 0 Å². The molecule has 4 heteroatoms. The smallest absolute Gasteiger partial charge is 0.129 e. The monoisotopic (exact) mass is 314 g/mol. The van der Waals surface area contributed by atoms with E-state index in [1.165, 1.54) is 18.0 Å². The summed E-state index contributed by atoms with van der Waals surface area (Å²) < 4.78 is 17.3. The van der Waals surface area contributed by atoms with Crippen LogP contribution in [0.2, 0.25) is 0 Å². The van der Waals surface area contributed by atoms with Gasteiger partial charge >= 0.3 is 0 Å². The van der Waals surface area contributed by atoms with Gasteiger partial charge in [0, 0.05) is 10.6 Å². The third-order valence-electron chi connectivity index (χ3n) is 3.36. The summed E-state index contributed by atoms with van der Waals surface area (Å²) in [4.78, 5) is 1.01. The third kappa shape index (κ3) is 3.80. The fraction of sp³-hybridized carbons (Fsp3) is 0.278. The van der Waals surface area contributed by atoms with E-state index in [1.54, 1.807) is 6.07 Å². The number of aryl methyl sites for hydroxylation is 1. The number of hydrogen-bond donors (Lipinski definition) is 1. The van der Waals surface area contributed by atoms with Gasteiger partial charge in [-0.05, 0) is 65.7 Å². The molecular formula is C18H19FN2S. The first-order chi connectivity index (χ1) is 10.3. The van der Waals surface area contributed by atoms with Gasteiger partial charge in [0.15, 0.2) is 0 Å². The van der Waals surface area contributed by atoms with Crippen molar-refractivity contribution in [2.75, 3.05) is 4.72 Å². The Hall–Kier alpha value is -1.99. The van der Waals surface area contributed by atoms with Gasteiger partial charge in [-0.3, -0.25) is 0 Å². The molecule has 0 amide bonds. The molecule has 0 fully saturated rings. The molecule has 0 atom stereocenters. The largest absolute Gasteiger partial charge is 0.326 e. The molecule has 2 aromatic carbocycles. The predicted molar refractivity (Wildman–Crippen MR) is 90.5 cm³/mol. The summed E-state index contributed by atoms with van der Waals surface area (Å²) >= 11 is 1.42. The van der Waals surface area contributed by atoms with Crippen LogP contribution in [0.3, 0.4) is 0 Å². The van der Waals surface area contributed by atoms with Crippen LogP contribution in [0.1, 0.15) is 37.5 Å². The topological polar surface area (TPSA) is 35.8 Å². The van der Waals surface area contributed by atoms with Crippen molar-refractivity contribution in [1.29, 1.82) is 5.26 Å².